The van der Waals surface area contributed by atoms with Gasteiger partial charge >= 0.3 is 0 Å². The first kappa shape index (κ1) is 15.5. The fourth-order valence-corrected chi connectivity index (χ4v) is 5.06. The van der Waals surface area contributed by atoms with Gasteiger partial charge in [-0.25, -0.2) is 9.97 Å². The number of hydrogen-bond donors (Lipinski definition) is 1. The Balaban J connectivity index is 1.53. The number of hydrogen-bond acceptors (Lipinski definition) is 5. The summed E-state index contributed by atoms with van der Waals surface area (Å²) in [5.74, 6) is 1.33. The average Bonchev–Trinajstić information content (AvgIpc) is 3.37. The van der Waals surface area contributed by atoms with E-state index in [1.165, 1.54) is 0 Å². The maximum Gasteiger partial charge on any atom is 0.141 e. The van der Waals surface area contributed by atoms with Gasteiger partial charge in [0.2, 0.25) is 0 Å². The Labute approximate surface area is 151 Å². The van der Waals surface area contributed by atoms with Crippen LogP contribution in [0, 0.1) is 23.2 Å². The van der Waals surface area contributed by atoms with Gasteiger partial charge in [0, 0.05) is 36.4 Å². The van der Waals surface area contributed by atoms with Crippen molar-refractivity contribution in [1.29, 1.82) is 5.26 Å². The van der Waals surface area contributed by atoms with Crippen LogP contribution in [0.2, 0.25) is 0 Å². The Morgan fingerprint density at radius 2 is 2.12 bits per heavy atom. The summed E-state index contributed by atoms with van der Waals surface area (Å²) in [6.07, 6.45) is 9.95. The number of nitrogens with zero attached hydrogens (tertiary/aromatic N) is 6. The van der Waals surface area contributed by atoms with Crippen LogP contribution in [0.5, 0.6) is 0 Å². The average molecular weight is 347 g/mol. The first-order valence-electron chi connectivity index (χ1n) is 9.08. The third-order valence-corrected chi connectivity index (χ3v) is 6.15. The van der Waals surface area contributed by atoms with Crippen molar-refractivity contribution in [3.63, 3.8) is 0 Å². The highest BCUT2D eigenvalue weighted by molar-refractivity contribution is 5.89. The zero-order valence-corrected chi connectivity index (χ0v) is 14.8. The molecule has 0 spiro atoms. The Bertz CT molecular complexity index is 981. The van der Waals surface area contributed by atoms with Gasteiger partial charge < -0.3 is 9.88 Å². The van der Waals surface area contributed by atoms with Crippen LogP contribution in [0.3, 0.4) is 0 Å². The van der Waals surface area contributed by atoms with Gasteiger partial charge in [-0.1, -0.05) is 0 Å². The van der Waals surface area contributed by atoms with Crippen molar-refractivity contribution in [2.45, 2.75) is 24.8 Å². The lowest BCUT2D eigenvalue weighted by molar-refractivity contribution is 0.230. The van der Waals surface area contributed by atoms with E-state index in [1.807, 2.05) is 23.1 Å². The van der Waals surface area contributed by atoms with Gasteiger partial charge in [0.05, 0.1) is 29.9 Å². The Morgan fingerprint density at radius 3 is 2.88 bits per heavy atom. The minimum Gasteiger partial charge on any atom is -0.346 e. The SMILES string of the molecule is CN1C[C@@H]2C[C@](CC#N)(n3cc(-c4ncnc5[nH]ccc45)cn3)C[C@@H]2C1. The van der Waals surface area contributed by atoms with Crippen molar-refractivity contribution in [1.82, 2.24) is 29.6 Å². The fraction of sp³-hybridized carbons (Fsp3) is 0.474. The van der Waals surface area contributed by atoms with E-state index in [9.17, 15) is 5.26 Å². The highest BCUT2D eigenvalue weighted by Gasteiger charge is 2.50. The minimum atomic E-state index is -0.187. The molecule has 0 radical (unpaired) electrons. The Morgan fingerprint density at radius 1 is 1.31 bits per heavy atom. The number of likely N-dealkylation sites (tertiary alicyclic amines) is 1. The smallest absolute Gasteiger partial charge is 0.141 e. The summed E-state index contributed by atoms with van der Waals surface area (Å²) in [5, 5.41) is 15.2. The first-order chi connectivity index (χ1) is 12.7. The lowest BCUT2D eigenvalue weighted by atomic mass is 9.92. The Hall–Kier alpha value is -2.72. The molecule has 3 aromatic rings. The van der Waals surface area contributed by atoms with Crippen molar-refractivity contribution in [3.05, 3.63) is 31.0 Å². The molecule has 0 aromatic carbocycles. The quantitative estimate of drug-likeness (QED) is 0.786. The summed E-state index contributed by atoms with van der Waals surface area (Å²) in [6.45, 7) is 2.25. The zero-order valence-electron chi connectivity index (χ0n) is 14.8. The molecular formula is C19H21N7. The van der Waals surface area contributed by atoms with E-state index in [0.29, 0.717) is 18.3 Å². The fourth-order valence-electron chi connectivity index (χ4n) is 5.06. The number of aromatic nitrogens is 5. The molecule has 1 saturated heterocycles. The van der Waals surface area contributed by atoms with E-state index >= 15 is 0 Å². The standard InChI is InChI=1S/C19H21N7/c1-25-9-13-6-19(3-4-20,7-14(13)10-25)26-11-15(8-24-26)17-16-2-5-21-18(16)23-12-22-17/h2,5,8,11-14H,3,6-7,9-10H2,1H3,(H,21,22,23)/t13-,14+,19-. The molecule has 3 aromatic heterocycles. The molecule has 7 nitrogen and oxygen atoms in total. The molecule has 26 heavy (non-hydrogen) atoms. The largest absolute Gasteiger partial charge is 0.346 e. The molecule has 1 N–H and O–H groups in total. The van der Waals surface area contributed by atoms with Crippen molar-refractivity contribution in [2.75, 3.05) is 20.1 Å². The van der Waals surface area contributed by atoms with Crippen LogP contribution in [-0.4, -0.2) is 49.8 Å². The van der Waals surface area contributed by atoms with E-state index in [2.05, 4.69) is 44.3 Å². The summed E-state index contributed by atoms with van der Waals surface area (Å²) in [4.78, 5) is 14.3. The molecule has 0 bridgehead atoms. The first-order valence-corrected chi connectivity index (χ1v) is 9.08. The molecular weight excluding hydrogens is 326 g/mol. The third-order valence-electron chi connectivity index (χ3n) is 6.15. The molecule has 2 aliphatic rings. The number of H-pyrrole nitrogens is 1. The molecule has 4 heterocycles. The molecule has 3 atom stereocenters. The maximum atomic E-state index is 9.48. The summed E-state index contributed by atoms with van der Waals surface area (Å²) >= 11 is 0. The van der Waals surface area contributed by atoms with Crippen LogP contribution in [0.1, 0.15) is 19.3 Å². The molecule has 0 unspecified atom stereocenters. The summed E-state index contributed by atoms with van der Waals surface area (Å²) in [6, 6.07) is 4.41. The van der Waals surface area contributed by atoms with Gasteiger partial charge in [-0.2, -0.15) is 10.4 Å². The van der Waals surface area contributed by atoms with Crippen LogP contribution in [0.15, 0.2) is 31.0 Å². The van der Waals surface area contributed by atoms with Crippen molar-refractivity contribution in [2.24, 2.45) is 11.8 Å². The van der Waals surface area contributed by atoms with E-state index in [4.69, 9.17) is 0 Å². The van der Waals surface area contributed by atoms with E-state index in [-0.39, 0.29) is 5.54 Å². The summed E-state index contributed by atoms with van der Waals surface area (Å²) < 4.78 is 2.05. The summed E-state index contributed by atoms with van der Waals surface area (Å²) in [7, 11) is 2.19. The predicted molar refractivity (Wildman–Crippen MR) is 97.0 cm³/mol. The predicted octanol–water partition coefficient (Wildman–Crippen LogP) is 2.40. The topological polar surface area (TPSA) is 86.4 Å². The minimum absolute atomic E-state index is 0.187. The van der Waals surface area contributed by atoms with Gasteiger partial charge in [0.15, 0.2) is 0 Å². The molecule has 1 saturated carbocycles. The van der Waals surface area contributed by atoms with Gasteiger partial charge in [-0.15, -0.1) is 0 Å². The second-order valence-electron chi connectivity index (χ2n) is 7.84. The van der Waals surface area contributed by atoms with Gasteiger partial charge in [-0.05, 0) is 37.8 Å². The zero-order chi connectivity index (χ0) is 17.7. The van der Waals surface area contributed by atoms with Crippen molar-refractivity contribution in [3.8, 4) is 17.3 Å². The third kappa shape index (κ3) is 2.26. The second-order valence-corrected chi connectivity index (χ2v) is 7.84. The van der Waals surface area contributed by atoms with Gasteiger partial charge in [0.25, 0.3) is 0 Å². The van der Waals surface area contributed by atoms with E-state index in [1.54, 1.807) is 6.33 Å². The van der Waals surface area contributed by atoms with Crippen molar-refractivity contribution < 1.29 is 0 Å². The molecule has 0 amide bonds. The summed E-state index contributed by atoms with van der Waals surface area (Å²) in [5.41, 5.74) is 2.50. The highest BCUT2D eigenvalue weighted by Crippen LogP contribution is 2.49. The van der Waals surface area contributed by atoms with Gasteiger partial charge in [0.1, 0.15) is 12.0 Å². The maximum absolute atomic E-state index is 9.48. The molecule has 7 heteroatoms. The lowest BCUT2D eigenvalue weighted by Crippen LogP contribution is -2.33. The highest BCUT2D eigenvalue weighted by atomic mass is 15.3. The van der Waals surface area contributed by atoms with Crippen LogP contribution in [0.25, 0.3) is 22.3 Å². The van der Waals surface area contributed by atoms with E-state index in [0.717, 1.165) is 48.2 Å². The van der Waals surface area contributed by atoms with Gasteiger partial charge in [-0.3, -0.25) is 4.68 Å². The monoisotopic (exact) mass is 347 g/mol. The van der Waals surface area contributed by atoms with Crippen LogP contribution < -0.4 is 0 Å². The number of fused-ring (bicyclic) bond motifs is 2. The number of rotatable bonds is 3. The van der Waals surface area contributed by atoms with Crippen LogP contribution >= 0.6 is 0 Å². The lowest BCUT2D eigenvalue weighted by Gasteiger charge is -2.29. The Kier molecular flexibility index (Phi) is 3.37. The normalized spacial score (nSPS) is 28.5. The van der Waals surface area contributed by atoms with Crippen LogP contribution in [0.4, 0.5) is 0 Å². The molecule has 2 fully saturated rings. The number of aromatic amines is 1. The number of nitrogens with one attached hydrogen (secondary N) is 1. The second kappa shape index (κ2) is 5.64. The molecule has 1 aliphatic carbocycles. The molecule has 132 valence electrons. The van der Waals surface area contributed by atoms with Crippen molar-refractivity contribution >= 4 is 11.0 Å². The van der Waals surface area contributed by atoms with Crippen LogP contribution in [-0.2, 0) is 5.54 Å². The molecule has 5 rings (SSSR count). The number of nitriles is 1. The van der Waals surface area contributed by atoms with E-state index < -0.39 is 0 Å². The molecule has 1 aliphatic heterocycles.